The third-order valence-corrected chi connectivity index (χ3v) is 12.4. The van der Waals surface area contributed by atoms with E-state index in [-0.39, 0.29) is 0 Å². The molecule has 0 bridgehead atoms. The summed E-state index contributed by atoms with van der Waals surface area (Å²) < 4.78 is 0. The number of benzene rings is 2. The van der Waals surface area contributed by atoms with E-state index in [1.807, 2.05) is 104 Å². The SMILES string of the molecule is CC(C)c1ccc2cc[nH]c2c1.CC(C)c1ccccc1.CC(C)c1ccccn1.CC(C)c1cccnc1.CC(C)c1ccncc1.CC(C)c1cn[nH]c1.CC(C)c1cnccn1.CC(C)c1cncnc1.CC(C)c1ncccn1. The minimum absolute atomic E-state index is 0.436. The van der Waals surface area contributed by atoms with Crippen molar-refractivity contribution < 1.29 is 0 Å². The number of fused-ring (bicyclic) bond motifs is 1. The van der Waals surface area contributed by atoms with Gasteiger partial charge in [0, 0.05) is 104 Å². The highest BCUT2D eigenvalue weighted by Gasteiger charge is 2.02. The van der Waals surface area contributed by atoms with Crippen LogP contribution in [-0.4, -0.2) is 60.0 Å². The van der Waals surface area contributed by atoms with Crippen molar-refractivity contribution in [2.45, 2.75) is 178 Å². The first-order valence-electron chi connectivity index (χ1n) is 29.3. The van der Waals surface area contributed by atoms with E-state index in [0.29, 0.717) is 53.3 Å². The van der Waals surface area contributed by atoms with Gasteiger partial charge in [0.25, 0.3) is 0 Å². The number of hydrogen-bond acceptors (Lipinski definition) is 10. The highest BCUT2D eigenvalue weighted by Crippen LogP contribution is 2.20. The zero-order valence-corrected chi connectivity index (χ0v) is 53.2. The monoisotopic (exact) mass is 1120 g/mol. The van der Waals surface area contributed by atoms with Crippen molar-refractivity contribution in [3.63, 3.8) is 0 Å². The molecule has 442 valence electrons. The smallest absolute Gasteiger partial charge is 0.130 e. The lowest BCUT2D eigenvalue weighted by atomic mass is 10.0. The Balaban J connectivity index is 0.000000320. The number of nitrogens with one attached hydrogen (secondary N) is 2. The molecular formula is C71H98N12. The predicted molar refractivity (Wildman–Crippen MR) is 349 cm³/mol. The number of hydrogen-bond donors (Lipinski definition) is 2. The number of nitrogens with zero attached hydrogens (tertiary/aromatic N) is 10. The molecule has 2 aromatic carbocycles. The van der Waals surface area contributed by atoms with E-state index < -0.39 is 0 Å². The molecule has 0 saturated heterocycles. The van der Waals surface area contributed by atoms with Gasteiger partial charge < -0.3 is 4.98 Å². The van der Waals surface area contributed by atoms with Crippen molar-refractivity contribution in [3.8, 4) is 0 Å². The maximum absolute atomic E-state index is 4.18. The van der Waals surface area contributed by atoms with E-state index >= 15 is 0 Å². The fourth-order valence-corrected chi connectivity index (χ4v) is 6.85. The van der Waals surface area contributed by atoms with Gasteiger partial charge in [-0.25, -0.2) is 19.9 Å². The Kier molecular flexibility index (Phi) is 35.8. The summed E-state index contributed by atoms with van der Waals surface area (Å²) in [6.07, 6.45) is 28.9. The van der Waals surface area contributed by atoms with Crippen LogP contribution in [-0.2, 0) is 0 Å². The number of pyridine rings is 3. The summed E-state index contributed by atoms with van der Waals surface area (Å²) in [4.78, 5) is 39.3. The molecule has 0 radical (unpaired) electrons. The fraction of sp³-hybridized carbons (Fsp3) is 0.380. The van der Waals surface area contributed by atoms with Gasteiger partial charge in [-0.2, -0.15) is 5.10 Å². The molecule has 0 aliphatic carbocycles. The molecule has 10 rings (SSSR count). The van der Waals surface area contributed by atoms with Gasteiger partial charge in [-0.05, 0) is 135 Å². The van der Waals surface area contributed by atoms with Gasteiger partial charge in [-0.1, -0.05) is 179 Å². The lowest BCUT2D eigenvalue weighted by molar-refractivity contribution is 0.774. The van der Waals surface area contributed by atoms with E-state index in [1.165, 1.54) is 44.3 Å². The van der Waals surface area contributed by atoms with Crippen LogP contribution in [0.4, 0.5) is 0 Å². The molecule has 8 heterocycles. The molecule has 12 nitrogen and oxygen atoms in total. The van der Waals surface area contributed by atoms with Crippen molar-refractivity contribution in [3.05, 3.63) is 253 Å². The van der Waals surface area contributed by atoms with E-state index in [4.69, 9.17) is 0 Å². The third-order valence-electron chi connectivity index (χ3n) is 12.4. The van der Waals surface area contributed by atoms with Crippen LogP contribution < -0.4 is 0 Å². The van der Waals surface area contributed by atoms with E-state index in [9.17, 15) is 0 Å². The molecule has 0 fully saturated rings. The summed E-state index contributed by atoms with van der Waals surface area (Å²) in [7, 11) is 0. The fourth-order valence-electron chi connectivity index (χ4n) is 6.85. The molecule has 8 aromatic heterocycles. The number of aromatic amines is 2. The second-order valence-corrected chi connectivity index (χ2v) is 22.4. The third kappa shape index (κ3) is 31.6. The molecule has 0 spiro atoms. The van der Waals surface area contributed by atoms with E-state index in [1.54, 1.807) is 43.5 Å². The van der Waals surface area contributed by atoms with Crippen LogP contribution in [0.5, 0.6) is 0 Å². The lowest BCUT2D eigenvalue weighted by Crippen LogP contribution is -1.93. The molecule has 10 aromatic rings. The van der Waals surface area contributed by atoms with Crippen LogP contribution in [0.25, 0.3) is 10.9 Å². The van der Waals surface area contributed by atoms with Crippen LogP contribution in [0.15, 0.2) is 202 Å². The minimum atomic E-state index is 0.436. The topological polar surface area (TPSA) is 160 Å². The summed E-state index contributed by atoms with van der Waals surface area (Å²) in [5.74, 6) is 5.99. The molecule has 0 amide bonds. The first-order valence-corrected chi connectivity index (χ1v) is 29.3. The zero-order valence-electron chi connectivity index (χ0n) is 53.2. The van der Waals surface area contributed by atoms with Crippen LogP contribution in [0, 0.1) is 0 Å². The highest BCUT2D eigenvalue weighted by atomic mass is 15.1. The molecule has 0 unspecified atom stereocenters. The van der Waals surface area contributed by atoms with E-state index in [2.05, 4.69) is 239 Å². The van der Waals surface area contributed by atoms with Gasteiger partial charge in [0.05, 0.1) is 11.9 Å². The van der Waals surface area contributed by atoms with E-state index in [0.717, 1.165) is 17.2 Å². The summed E-state index contributed by atoms with van der Waals surface area (Å²) >= 11 is 0. The molecule has 0 aliphatic rings. The van der Waals surface area contributed by atoms with Crippen LogP contribution in [0.1, 0.15) is 228 Å². The number of H-pyrrole nitrogens is 2. The summed E-state index contributed by atoms with van der Waals surface area (Å²) in [5.41, 5.74) is 11.4. The van der Waals surface area contributed by atoms with Gasteiger partial charge in [0.2, 0.25) is 0 Å². The molecule has 2 N–H and O–H groups in total. The van der Waals surface area contributed by atoms with Crippen molar-refractivity contribution in [1.82, 2.24) is 60.0 Å². The van der Waals surface area contributed by atoms with Crippen molar-refractivity contribution in [1.29, 1.82) is 0 Å². The largest absolute Gasteiger partial charge is 0.361 e. The Morgan fingerprint density at radius 2 is 0.843 bits per heavy atom. The average Bonchev–Trinajstić information content (AvgIpc) is 4.27. The summed E-state index contributed by atoms with van der Waals surface area (Å²) in [6.45, 7) is 38.7. The highest BCUT2D eigenvalue weighted by molar-refractivity contribution is 5.80. The van der Waals surface area contributed by atoms with Gasteiger partial charge in [-0.15, -0.1) is 0 Å². The lowest BCUT2D eigenvalue weighted by Gasteiger charge is -2.03. The van der Waals surface area contributed by atoms with Gasteiger partial charge in [0.1, 0.15) is 12.2 Å². The second-order valence-electron chi connectivity index (χ2n) is 22.4. The minimum Gasteiger partial charge on any atom is -0.361 e. The molecule has 83 heavy (non-hydrogen) atoms. The molecule has 0 saturated carbocycles. The van der Waals surface area contributed by atoms with Crippen LogP contribution >= 0.6 is 0 Å². The van der Waals surface area contributed by atoms with Crippen molar-refractivity contribution in [2.24, 2.45) is 0 Å². The van der Waals surface area contributed by atoms with Crippen LogP contribution in [0.2, 0.25) is 0 Å². The quantitative estimate of drug-likeness (QED) is 0.142. The van der Waals surface area contributed by atoms with Gasteiger partial charge in [-0.3, -0.25) is 30.0 Å². The standard InChI is InChI=1S/C11H13N.C9H12.3C8H11N.3C7H10N2.C6H10N2/c1-8(2)10-4-3-9-5-6-12-11(9)7-10;1-8(2)9-6-4-3-5-7-9;1-7(2)8-3-5-9-6-4-8;1-7(2)8-4-3-5-9-6-8;1-7(2)8-5-3-4-6-9-8;1-6(2)7-3-8-5-9-4-7;1-6(2)7-5-8-3-4-9-7;1-6(2)7-8-4-3-5-9-7;1-5(2)6-3-7-8-4-6/h3-8,12H,1-2H3;3-8H,1-2H3;3*3-7H,1-2H3;3*3-6H,1-2H3;3-5H,1-2H3,(H,7,8). The molecular weight excluding hydrogens is 1020 g/mol. The zero-order chi connectivity index (χ0) is 61.4. The maximum atomic E-state index is 4.18. The first-order chi connectivity index (χ1) is 39.7. The van der Waals surface area contributed by atoms with Crippen molar-refractivity contribution >= 4 is 10.9 Å². The normalized spacial score (nSPS) is 10.3. The summed E-state index contributed by atoms with van der Waals surface area (Å²) in [6, 6.07) is 35.2. The Bertz CT molecular complexity index is 2590. The number of aromatic nitrogens is 12. The Morgan fingerprint density at radius 3 is 1.23 bits per heavy atom. The molecule has 0 atom stereocenters. The first kappa shape index (κ1) is 71.0. The maximum Gasteiger partial charge on any atom is 0.130 e. The Hall–Kier alpha value is -8.12. The molecule has 0 aliphatic heterocycles. The second kappa shape index (κ2) is 41.8. The number of rotatable bonds is 9. The molecule has 12 heteroatoms. The Morgan fingerprint density at radius 1 is 0.313 bits per heavy atom. The average molecular weight is 1120 g/mol. The summed E-state index contributed by atoms with van der Waals surface area (Å²) in [5, 5.41) is 7.87. The predicted octanol–water partition coefficient (Wildman–Crippen LogP) is 19.0. The van der Waals surface area contributed by atoms with Crippen LogP contribution in [0.3, 0.4) is 0 Å². The van der Waals surface area contributed by atoms with Crippen molar-refractivity contribution in [2.75, 3.05) is 0 Å². The van der Waals surface area contributed by atoms with Gasteiger partial charge in [0.15, 0.2) is 0 Å². The Labute approximate surface area is 499 Å². The van der Waals surface area contributed by atoms with Gasteiger partial charge >= 0.3 is 0 Å².